The molecule has 0 radical (unpaired) electrons. The van der Waals surface area contributed by atoms with Crippen LogP contribution in [0.5, 0.6) is 0 Å². The molecule has 0 aliphatic heterocycles. The molecule has 0 aliphatic carbocycles. The first-order valence-electron chi connectivity index (χ1n) is 6.15. The van der Waals surface area contributed by atoms with Gasteiger partial charge >= 0.3 is 0 Å². The number of nitrogens with zero attached hydrogens (tertiary/aromatic N) is 2. The Hall–Kier alpha value is -1.88. The van der Waals surface area contributed by atoms with Crippen molar-refractivity contribution in [2.75, 3.05) is 17.2 Å². The van der Waals surface area contributed by atoms with Gasteiger partial charge in [-0.1, -0.05) is 29.5 Å². The number of amides is 1. The Balaban J connectivity index is 2.41. The number of thiazole rings is 1. The number of carbonyl (C=O) groups is 1. The molecular weight excluding hydrogens is 258 g/mol. The molecule has 1 aromatic carbocycles. The highest BCUT2D eigenvalue weighted by atomic mass is 32.1. The fourth-order valence-electron chi connectivity index (χ4n) is 2.03. The molecule has 0 aliphatic rings. The molecular formula is C14H17N3OS. The Morgan fingerprint density at radius 2 is 2.05 bits per heavy atom. The van der Waals surface area contributed by atoms with Gasteiger partial charge in [-0.3, -0.25) is 4.79 Å². The number of nitrogens with two attached hydrogens (primary N) is 1. The minimum atomic E-state index is -0.0384. The van der Waals surface area contributed by atoms with Crippen LogP contribution in [0.4, 0.5) is 10.8 Å². The molecule has 1 heterocycles. The number of para-hydroxylation sites is 1. The van der Waals surface area contributed by atoms with Crippen molar-refractivity contribution in [2.45, 2.75) is 20.8 Å². The van der Waals surface area contributed by atoms with Crippen LogP contribution in [0.1, 0.15) is 27.9 Å². The lowest BCUT2D eigenvalue weighted by atomic mass is 10.1. The van der Waals surface area contributed by atoms with Crippen LogP contribution in [0.3, 0.4) is 0 Å². The molecule has 1 amide bonds. The van der Waals surface area contributed by atoms with Crippen molar-refractivity contribution in [1.82, 2.24) is 4.98 Å². The Kier molecular flexibility index (Phi) is 3.85. The van der Waals surface area contributed by atoms with Gasteiger partial charge in [0.1, 0.15) is 4.88 Å². The average Bonchev–Trinajstić information content (AvgIpc) is 2.71. The molecule has 0 saturated carbocycles. The molecule has 2 N–H and O–H groups in total. The summed E-state index contributed by atoms with van der Waals surface area (Å²) in [6.07, 6.45) is 0. The van der Waals surface area contributed by atoms with Crippen LogP contribution in [-0.4, -0.2) is 17.4 Å². The van der Waals surface area contributed by atoms with Crippen molar-refractivity contribution in [3.63, 3.8) is 0 Å². The maximum atomic E-state index is 12.6. The summed E-state index contributed by atoms with van der Waals surface area (Å²) in [6, 6.07) is 7.86. The van der Waals surface area contributed by atoms with Gasteiger partial charge in [-0.05, 0) is 32.4 Å². The van der Waals surface area contributed by atoms with Crippen LogP contribution in [0.2, 0.25) is 0 Å². The van der Waals surface area contributed by atoms with Gasteiger partial charge in [0.2, 0.25) is 0 Å². The summed E-state index contributed by atoms with van der Waals surface area (Å²) in [5.41, 5.74) is 8.37. The Morgan fingerprint density at radius 3 is 2.58 bits per heavy atom. The van der Waals surface area contributed by atoms with Crippen molar-refractivity contribution < 1.29 is 4.79 Å². The maximum Gasteiger partial charge on any atom is 0.270 e. The van der Waals surface area contributed by atoms with E-state index in [-0.39, 0.29) is 5.91 Å². The molecule has 0 bridgehead atoms. The van der Waals surface area contributed by atoms with Crippen LogP contribution in [0, 0.1) is 13.8 Å². The largest absolute Gasteiger partial charge is 0.375 e. The lowest BCUT2D eigenvalue weighted by Gasteiger charge is -2.22. The third-order valence-corrected chi connectivity index (χ3v) is 3.95. The van der Waals surface area contributed by atoms with Crippen molar-refractivity contribution in [3.05, 3.63) is 40.4 Å². The Morgan fingerprint density at radius 1 is 1.37 bits per heavy atom. The number of aryl methyl sites for hydroxylation is 2. The topological polar surface area (TPSA) is 59.2 Å². The van der Waals surface area contributed by atoms with Gasteiger partial charge in [-0.25, -0.2) is 4.98 Å². The van der Waals surface area contributed by atoms with Crippen LogP contribution >= 0.6 is 11.3 Å². The first-order chi connectivity index (χ1) is 9.04. The zero-order chi connectivity index (χ0) is 14.0. The number of carbonyl (C=O) groups excluding carboxylic acids is 1. The first-order valence-corrected chi connectivity index (χ1v) is 6.96. The monoisotopic (exact) mass is 275 g/mol. The quantitative estimate of drug-likeness (QED) is 0.936. The van der Waals surface area contributed by atoms with Gasteiger partial charge in [-0.15, -0.1) is 0 Å². The lowest BCUT2D eigenvalue weighted by molar-refractivity contribution is 0.0991. The van der Waals surface area contributed by atoms with Crippen molar-refractivity contribution in [2.24, 2.45) is 0 Å². The predicted molar refractivity (Wildman–Crippen MR) is 79.8 cm³/mol. The minimum absolute atomic E-state index is 0.0384. The zero-order valence-corrected chi connectivity index (χ0v) is 12.1. The molecule has 19 heavy (non-hydrogen) atoms. The highest BCUT2D eigenvalue weighted by Crippen LogP contribution is 2.26. The highest BCUT2D eigenvalue weighted by molar-refractivity contribution is 7.17. The smallest absolute Gasteiger partial charge is 0.270 e. The van der Waals surface area contributed by atoms with Crippen LogP contribution < -0.4 is 10.6 Å². The average molecular weight is 275 g/mol. The molecule has 2 aromatic rings. The van der Waals surface area contributed by atoms with E-state index >= 15 is 0 Å². The summed E-state index contributed by atoms with van der Waals surface area (Å²) in [5.74, 6) is -0.0384. The fourth-order valence-corrected chi connectivity index (χ4v) is 2.81. The standard InChI is InChI=1S/C14H17N3OS/c1-4-17(11-8-6-5-7-9(11)2)13(18)12-10(3)16-14(15)19-12/h5-8H,4H2,1-3H3,(H2,15,16). The molecule has 5 heteroatoms. The number of rotatable bonds is 3. The predicted octanol–water partition coefficient (Wildman–Crippen LogP) is 3.01. The molecule has 0 saturated heterocycles. The van der Waals surface area contributed by atoms with E-state index in [1.165, 1.54) is 11.3 Å². The second kappa shape index (κ2) is 5.40. The zero-order valence-electron chi connectivity index (χ0n) is 11.3. The van der Waals surface area contributed by atoms with E-state index in [1.807, 2.05) is 45.0 Å². The van der Waals surface area contributed by atoms with Gasteiger partial charge in [0, 0.05) is 12.2 Å². The second-order valence-electron chi connectivity index (χ2n) is 4.30. The molecule has 4 nitrogen and oxygen atoms in total. The molecule has 0 spiro atoms. The number of nitrogen functional groups attached to an aromatic ring is 1. The van der Waals surface area contributed by atoms with E-state index in [0.717, 1.165) is 11.3 Å². The van der Waals surface area contributed by atoms with Crippen LogP contribution in [0.25, 0.3) is 0 Å². The van der Waals surface area contributed by atoms with E-state index in [9.17, 15) is 4.79 Å². The van der Waals surface area contributed by atoms with E-state index in [0.29, 0.717) is 22.2 Å². The molecule has 0 unspecified atom stereocenters. The van der Waals surface area contributed by atoms with Crippen LogP contribution in [-0.2, 0) is 0 Å². The summed E-state index contributed by atoms with van der Waals surface area (Å²) < 4.78 is 0. The molecule has 100 valence electrons. The number of hydrogen-bond acceptors (Lipinski definition) is 4. The van der Waals surface area contributed by atoms with Crippen LogP contribution in [0.15, 0.2) is 24.3 Å². The van der Waals surface area contributed by atoms with Crippen molar-refractivity contribution in [1.29, 1.82) is 0 Å². The van der Waals surface area contributed by atoms with Gasteiger partial charge in [0.25, 0.3) is 5.91 Å². The lowest BCUT2D eigenvalue weighted by Crippen LogP contribution is -2.31. The summed E-state index contributed by atoms with van der Waals surface area (Å²) >= 11 is 1.24. The number of benzene rings is 1. The Bertz CT molecular complexity index is 606. The molecule has 2 rings (SSSR count). The molecule has 1 aromatic heterocycles. The number of hydrogen-bond donors (Lipinski definition) is 1. The third-order valence-electron chi connectivity index (χ3n) is 2.98. The van der Waals surface area contributed by atoms with Gasteiger partial charge < -0.3 is 10.6 Å². The van der Waals surface area contributed by atoms with E-state index in [4.69, 9.17) is 5.73 Å². The Labute approximate surface area is 116 Å². The van der Waals surface area contributed by atoms with Gasteiger partial charge in [0.05, 0.1) is 5.69 Å². The summed E-state index contributed by atoms with van der Waals surface area (Å²) in [6.45, 7) is 6.38. The normalized spacial score (nSPS) is 10.5. The second-order valence-corrected chi connectivity index (χ2v) is 5.33. The highest BCUT2D eigenvalue weighted by Gasteiger charge is 2.22. The maximum absolute atomic E-state index is 12.6. The number of aromatic nitrogens is 1. The number of anilines is 2. The molecule has 0 atom stereocenters. The SMILES string of the molecule is CCN(C(=O)c1sc(N)nc1C)c1ccccc1C. The summed E-state index contributed by atoms with van der Waals surface area (Å²) in [4.78, 5) is 19.1. The van der Waals surface area contributed by atoms with Gasteiger partial charge in [0.15, 0.2) is 5.13 Å². The first kappa shape index (κ1) is 13.5. The minimum Gasteiger partial charge on any atom is -0.375 e. The van der Waals surface area contributed by atoms with Crippen molar-refractivity contribution >= 4 is 28.1 Å². The van der Waals surface area contributed by atoms with Gasteiger partial charge in [-0.2, -0.15) is 0 Å². The van der Waals surface area contributed by atoms with E-state index in [1.54, 1.807) is 4.90 Å². The summed E-state index contributed by atoms with van der Waals surface area (Å²) in [7, 11) is 0. The fraction of sp³-hybridized carbons (Fsp3) is 0.286. The van der Waals surface area contributed by atoms with E-state index in [2.05, 4.69) is 4.98 Å². The van der Waals surface area contributed by atoms with Crippen molar-refractivity contribution in [3.8, 4) is 0 Å². The molecule has 0 fully saturated rings. The van der Waals surface area contributed by atoms with E-state index < -0.39 is 0 Å². The summed E-state index contributed by atoms with van der Waals surface area (Å²) in [5, 5.41) is 0.432. The third kappa shape index (κ3) is 2.61.